The summed E-state index contributed by atoms with van der Waals surface area (Å²) in [4.78, 5) is 11.7. The number of hydrogen-bond acceptors (Lipinski definition) is 4. The summed E-state index contributed by atoms with van der Waals surface area (Å²) >= 11 is 0. The van der Waals surface area contributed by atoms with Gasteiger partial charge in [-0.3, -0.25) is 4.79 Å². The van der Waals surface area contributed by atoms with Crippen LogP contribution in [0.1, 0.15) is 26.7 Å². The summed E-state index contributed by atoms with van der Waals surface area (Å²) < 4.78 is 7.23. The van der Waals surface area contributed by atoms with Crippen molar-refractivity contribution in [3.63, 3.8) is 0 Å². The molecule has 2 atom stereocenters. The third-order valence-electron chi connectivity index (χ3n) is 3.50. The first-order valence-corrected chi connectivity index (χ1v) is 7.47. The second-order valence-corrected chi connectivity index (χ2v) is 5.46. The number of nitrogens with one attached hydrogen (secondary N) is 2. The van der Waals surface area contributed by atoms with Gasteiger partial charge < -0.3 is 19.9 Å². The fourth-order valence-electron chi connectivity index (χ4n) is 2.57. The molecule has 2 heterocycles. The largest absolute Gasteiger partial charge is 0.381 e. The summed E-state index contributed by atoms with van der Waals surface area (Å²) in [5, 5.41) is 6.92. The van der Waals surface area contributed by atoms with E-state index in [1.807, 2.05) is 12.3 Å². The minimum Gasteiger partial charge on any atom is -0.381 e. The van der Waals surface area contributed by atoms with Gasteiger partial charge in [0.1, 0.15) is 0 Å². The zero-order valence-electron chi connectivity index (χ0n) is 12.4. The second kappa shape index (κ2) is 7.45. The van der Waals surface area contributed by atoms with Crippen LogP contribution in [0, 0.1) is 0 Å². The lowest BCUT2D eigenvalue weighted by atomic mass is 10.1. The van der Waals surface area contributed by atoms with Gasteiger partial charge in [0.25, 0.3) is 5.56 Å². The number of morpholine rings is 1. The van der Waals surface area contributed by atoms with Crippen molar-refractivity contribution in [1.82, 2.24) is 9.88 Å². The zero-order valence-corrected chi connectivity index (χ0v) is 12.4. The molecule has 1 saturated heterocycles. The summed E-state index contributed by atoms with van der Waals surface area (Å²) in [6.07, 6.45) is 3.88. The average molecular weight is 279 g/mol. The average Bonchev–Trinajstić information content (AvgIpc) is 2.44. The SMILES string of the molecule is CCCn1cc(NC(C)CC2COCCN2)ccc1=O. The zero-order chi connectivity index (χ0) is 14.4. The van der Waals surface area contributed by atoms with Crippen molar-refractivity contribution in [2.75, 3.05) is 25.1 Å². The van der Waals surface area contributed by atoms with Crippen LogP contribution >= 0.6 is 0 Å². The van der Waals surface area contributed by atoms with E-state index >= 15 is 0 Å². The van der Waals surface area contributed by atoms with Gasteiger partial charge in [0.15, 0.2) is 0 Å². The molecule has 0 bridgehead atoms. The fraction of sp³-hybridized carbons (Fsp3) is 0.667. The number of rotatable bonds is 6. The van der Waals surface area contributed by atoms with Crippen LogP contribution in [-0.2, 0) is 11.3 Å². The van der Waals surface area contributed by atoms with Gasteiger partial charge in [0.05, 0.1) is 18.9 Å². The molecule has 1 aliphatic rings. The molecule has 0 saturated carbocycles. The molecule has 1 aromatic rings. The summed E-state index contributed by atoms with van der Waals surface area (Å²) in [6.45, 7) is 7.51. The van der Waals surface area contributed by atoms with Gasteiger partial charge in [-0.2, -0.15) is 0 Å². The van der Waals surface area contributed by atoms with E-state index in [4.69, 9.17) is 4.74 Å². The molecule has 2 rings (SSSR count). The molecule has 0 amide bonds. The number of pyridine rings is 1. The maximum Gasteiger partial charge on any atom is 0.250 e. The normalized spacial score (nSPS) is 20.6. The van der Waals surface area contributed by atoms with Crippen LogP contribution in [-0.4, -0.2) is 36.4 Å². The molecule has 0 aromatic carbocycles. The van der Waals surface area contributed by atoms with Crippen LogP contribution in [0.2, 0.25) is 0 Å². The van der Waals surface area contributed by atoms with E-state index in [1.54, 1.807) is 10.6 Å². The summed E-state index contributed by atoms with van der Waals surface area (Å²) in [7, 11) is 0. The van der Waals surface area contributed by atoms with Gasteiger partial charge >= 0.3 is 0 Å². The van der Waals surface area contributed by atoms with Crippen LogP contribution in [0.5, 0.6) is 0 Å². The lowest BCUT2D eigenvalue weighted by Crippen LogP contribution is -2.43. The van der Waals surface area contributed by atoms with Crippen molar-refractivity contribution in [2.24, 2.45) is 0 Å². The highest BCUT2D eigenvalue weighted by atomic mass is 16.5. The highest BCUT2D eigenvalue weighted by Crippen LogP contribution is 2.10. The highest BCUT2D eigenvalue weighted by molar-refractivity contribution is 5.41. The van der Waals surface area contributed by atoms with Crippen molar-refractivity contribution in [3.05, 3.63) is 28.7 Å². The van der Waals surface area contributed by atoms with Crippen LogP contribution in [0.25, 0.3) is 0 Å². The van der Waals surface area contributed by atoms with Gasteiger partial charge in [0, 0.05) is 37.4 Å². The maximum absolute atomic E-state index is 11.7. The van der Waals surface area contributed by atoms with Gasteiger partial charge in [-0.25, -0.2) is 0 Å². The predicted octanol–water partition coefficient (Wildman–Crippen LogP) is 1.44. The van der Waals surface area contributed by atoms with Crippen molar-refractivity contribution >= 4 is 5.69 Å². The molecule has 5 nitrogen and oxygen atoms in total. The Morgan fingerprint density at radius 1 is 1.55 bits per heavy atom. The summed E-state index contributed by atoms with van der Waals surface area (Å²) in [5.41, 5.74) is 1.06. The third-order valence-corrected chi connectivity index (χ3v) is 3.50. The Morgan fingerprint density at radius 3 is 3.10 bits per heavy atom. The van der Waals surface area contributed by atoms with Crippen LogP contribution in [0.4, 0.5) is 5.69 Å². The van der Waals surface area contributed by atoms with E-state index in [2.05, 4.69) is 24.5 Å². The van der Waals surface area contributed by atoms with Gasteiger partial charge in [-0.1, -0.05) is 6.92 Å². The first kappa shape index (κ1) is 15.1. The Bertz CT molecular complexity index is 466. The smallest absolute Gasteiger partial charge is 0.250 e. The molecule has 20 heavy (non-hydrogen) atoms. The minimum atomic E-state index is 0.0624. The highest BCUT2D eigenvalue weighted by Gasteiger charge is 2.16. The summed E-state index contributed by atoms with van der Waals surface area (Å²) in [5.74, 6) is 0. The number of anilines is 1. The Balaban J connectivity index is 1.91. The van der Waals surface area contributed by atoms with Crippen molar-refractivity contribution in [2.45, 2.75) is 45.3 Å². The molecule has 0 spiro atoms. The fourth-order valence-corrected chi connectivity index (χ4v) is 2.57. The molecule has 0 aliphatic carbocycles. The molecule has 1 fully saturated rings. The van der Waals surface area contributed by atoms with Crippen molar-refractivity contribution < 1.29 is 4.74 Å². The van der Waals surface area contributed by atoms with Crippen LogP contribution in [0.3, 0.4) is 0 Å². The number of ether oxygens (including phenoxy) is 1. The van der Waals surface area contributed by atoms with Gasteiger partial charge in [-0.05, 0) is 25.8 Å². The molecule has 1 aromatic heterocycles. The molecule has 112 valence electrons. The number of hydrogen-bond donors (Lipinski definition) is 2. The lowest BCUT2D eigenvalue weighted by molar-refractivity contribution is 0.0731. The van der Waals surface area contributed by atoms with Gasteiger partial charge in [-0.15, -0.1) is 0 Å². The second-order valence-electron chi connectivity index (χ2n) is 5.46. The standard InChI is InChI=1S/C15H25N3O2/c1-3-7-18-10-13(4-5-15(18)19)17-12(2)9-14-11-20-8-6-16-14/h4-5,10,12,14,16-17H,3,6-9,11H2,1-2H3. The van der Waals surface area contributed by atoms with Crippen LogP contribution < -0.4 is 16.2 Å². The Morgan fingerprint density at radius 2 is 2.40 bits per heavy atom. The van der Waals surface area contributed by atoms with Gasteiger partial charge in [0.2, 0.25) is 0 Å². The predicted molar refractivity (Wildman–Crippen MR) is 81.3 cm³/mol. The van der Waals surface area contributed by atoms with Crippen molar-refractivity contribution in [1.29, 1.82) is 0 Å². The van der Waals surface area contributed by atoms with Crippen LogP contribution in [0.15, 0.2) is 23.1 Å². The monoisotopic (exact) mass is 279 g/mol. The summed E-state index contributed by atoms with van der Waals surface area (Å²) in [6, 6.07) is 4.23. The first-order valence-electron chi connectivity index (χ1n) is 7.47. The number of aromatic nitrogens is 1. The number of nitrogens with zero attached hydrogens (tertiary/aromatic N) is 1. The van der Waals surface area contributed by atoms with E-state index in [0.29, 0.717) is 12.1 Å². The Kier molecular flexibility index (Phi) is 5.61. The Hall–Kier alpha value is -1.33. The molecular formula is C15H25N3O2. The topological polar surface area (TPSA) is 55.3 Å². The molecule has 2 unspecified atom stereocenters. The molecule has 2 N–H and O–H groups in total. The minimum absolute atomic E-state index is 0.0624. The quantitative estimate of drug-likeness (QED) is 0.827. The van der Waals surface area contributed by atoms with E-state index in [9.17, 15) is 4.79 Å². The van der Waals surface area contributed by atoms with Crippen molar-refractivity contribution in [3.8, 4) is 0 Å². The third kappa shape index (κ3) is 4.35. The Labute approximate surface area is 120 Å². The van der Waals surface area contributed by atoms with E-state index in [0.717, 1.165) is 44.8 Å². The number of aryl methyl sites for hydroxylation is 1. The molecular weight excluding hydrogens is 254 g/mol. The molecule has 5 heteroatoms. The first-order chi connectivity index (χ1) is 9.69. The van der Waals surface area contributed by atoms with E-state index in [-0.39, 0.29) is 5.56 Å². The van der Waals surface area contributed by atoms with E-state index < -0.39 is 0 Å². The lowest BCUT2D eigenvalue weighted by Gasteiger charge is -2.27. The molecule has 0 radical (unpaired) electrons. The van der Waals surface area contributed by atoms with E-state index in [1.165, 1.54) is 0 Å². The maximum atomic E-state index is 11.7. The molecule has 1 aliphatic heterocycles.